The molecule has 0 radical (unpaired) electrons. The predicted octanol–water partition coefficient (Wildman–Crippen LogP) is 7.40. The van der Waals surface area contributed by atoms with Crippen LogP contribution in [0.5, 0.6) is 23.0 Å². The van der Waals surface area contributed by atoms with Gasteiger partial charge >= 0.3 is 5.97 Å². The first-order valence-electron chi connectivity index (χ1n) is 12.8. The van der Waals surface area contributed by atoms with Crippen molar-refractivity contribution in [3.05, 3.63) is 144 Å². The largest absolute Gasteiger partial charge is 0.478 e. The molecule has 2 unspecified atom stereocenters. The van der Waals surface area contributed by atoms with Crippen molar-refractivity contribution in [2.75, 3.05) is 0 Å². The lowest BCUT2D eigenvalue weighted by molar-refractivity contribution is -0.132. The van der Waals surface area contributed by atoms with Gasteiger partial charge in [-0.3, -0.25) is 4.99 Å². The fourth-order valence-corrected chi connectivity index (χ4v) is 4.76. The van der Waals surface area contributed by atoms with Crippen molar-refractivity contribution in [3.8, 4) is 23.0 Å². The van der Waals surface area contributed by atoms with E-state index in [4.69, 9.17) is 14.5 Å². The number of allylic oxidation sites excluding steroid dienone is 3. The summed E-state index contributed by atoms with van der Waals surface area (Å²) in [6.45, 7) is 0. The number of carboxylic acid groups (broad SMARTS) is 1. The molecule has 6 nitrogen and oxygen atoms in total. The molecule has 0 aromatic heterocycles. The van der Waals surface area contributed by atoms with Crippen molar-refractivity contribution in [1.82, 2.24) is 5.32 Å². The van der Waals surface area contributed by atoms with E-state index in [-0.39, 0.29) is 18.5 Å². The van der Waals surface area contributed by atoms with E-state index in [2.05, 4.69) is 5.32 Å². The second-order valence-electron chi connectivity index (χ2n) is 9.37. The van der Waals surface area contributed by atoms with E-state index in [1.165, 1.54) is 0 Å². The Hall–Kier alpha value is -5.10. The van der Waals surface area contributed by atoms with E-state index >= 15 is 0 Å². The number of nitrogens with zero attached hydrogens (tertiary/aromatic N) is 1. The molecule has 6 heteroatoms. The third-order valence-electron chi connectivity index (χ3n) is 6.73. The van der Waals surface area contributed by atoms with E-state index in [9.17, 15) is 9.90 Å². The molecule has 0 saturated heterocycles. The number of carbonyl (C=O) groups is 1. The Bertz CT molecular complexity index is 1560. The summed E-state index contributed by atoms with van der Waals surface area (Å²) in [7, 11) is 0. The van der Waals surface area contributed by atoms with Gasteiger partial charge in [-0.2, -0.15) is 0 Å². The van der Waals surface area contributed by atoms with E-state index in [1.807, 2.05) is 109 Å². The number of carboxylic acids is 1. The summed E-state index contributed by atoms with van der Waals surface area (Å²) in [6, 6.07) is 34.8. The molecule has 1 aliphatic carbocycles. The van der Waals surface area contributed by atoms with Gasteiger partial charge in [0.25, 0.3) is 0 Å². The van der Waals surface area contributed by atoms with Gasteiger partial charge in [0.05, 0.1) is 23.5 Å². The Labute approximate surface area is 226 Å². The van der Waals surface area contributed by atoms with Crippen molar-refractivity contribution < 1.29 is 19.4 Å². The summed E-state index contributed by atoms with van der Waals surface area (Å²) in [4.78, 5) is 16.7. The van der Waals surface area contributed by atoms with Crippen LogP contribution in [0.3, 0.4) is 0 Å². The highest BCUT2D eigenvalue weighted by Crippen LogP contribution is 2.39. The molecule has 4 aromatic rings. The highest BCUT2D eigenvalue weighted by atomic mass is 16.5. The van der Waals surface area contributed by atoms with Crippen LogP contribution in [-0.4, -0.2) is 16.8 Å². The van der Waals surface area contributed by atoms with Gasteiger partial charge in [-0.05, 0) is 71.8 Å². The maximum atomic E-state index is 11.6. The van der Waals surface area contributed by atoms with Crippen LogP contribution in [0, 0.1) is 0 Å². The highest BCUT2D eigenvalue weighted by Gasteiger charge is 2.33. The molecule has 0 spiro atoms. The lowest BCUT2D eigenvalue weighted by Gasteiger charge is -2.35. The van der Waals surface area contributed by atoms with Crippen molar-refractivity contribution in [2.45, 2.75) is 18.5 Å². The normalized spacial score (nSPS) is 18.0. The summed E-state index contributed by atoms with van der Waals surface area (Å²) in [6.07, 6.45) is 3.72. The number of aliphatic carboxylic acids is 1. The molecule has 2 N–H and O–H groups in total. The van der Waals surface area contributed by atoms with Gasteiger partial charge in [0.2, 0.25) is 0 Å². The van der Waals surface area contributed by atoms with Crippen molar-refractivity contribution in [3.63, 3.8) is 0 Å². The first kappa shape index (κ1) is 24.2. The Morgan fingerprint density at radius 1 is 0.692 bits per heavy atom. The molecule has 39 heavy (non-hydrogen) atoms. The molecule has 2 atom stereocenters. The molecular formula is C33H26N2O4. The topological polar surface area (TPSA) is 80.2 Å². The Morgan fingerprint density at radius 3 is 1.74 bits per heavy atom. The van der Waals surface area contributed by atoms with Crippen molar-refractivity contribution in [1.29, 1.82) is 0 Å². The molecule has 0 fully saturated rings. The molecule has 0 amide bonds. The van der Waals surface area contributed by atoms with Crippen LogP contribution in [0.15, 0.2) is 138 Å². The lowest BCUT2D eigenvalue weighted by atomic mass is 9.89. The lowest BCUT2D eigenvalue weighted by Crippen LogP contribution is -2.36. The second kappa shape index (κ2) is 10.7. The smallest absolute Gasteiger partial charge is 0.331 e. The zero-order chi connectivity index (χ0) is 26.6. The monoisotopic (exact) mass is 514 g/mol. The maximum Gasteiger partial charge on any atom is 0.331 e. The second-order valence-corrected chi connectivity index (χ2v) is 9.37. The fraction of sp³-hybridized carbons (Fsp3) is 0.0909. The number of fused-ring (bicyclic) bond motifs is 1. The number of rotatable bonds is 7. The molecule has 4 aromatic carbocycles. The zero-order valence-corrected chi connectivity index (χ0v) is 21.0. The van der Waals surface area contributed by atoms with E-state index < -0.39 is 5.97 Å². The van der Waals surface area contributed by atoms with Crippen molar-refractivity contribution in [2.24, 2.45) is 4.99 Å². The van der Waals surface area contributed by atoms with E-state index in [0.29, 0.717) is 5.57 Å². The molecule has 0 bridgehead atoms. The number of hydrogen-bond donors (Lipinski definition) is 2. The molecule has 1 heterocycles. The molecule has 6 rings (SSSR count). The van der Waals surface area contributed by atoms with Crippen LogP contribution in [0.25, 0.3) is 0 Å². The van der Waals surface area contributed by atoms with E-state index in [0.717, 1.165) is 45.5 Å². The molecule has 1 aliphatic heterocycles. The number of benzene rings is 4. The third kappa shape index (κ3) is 5.45. The van der Waals surface area contributed by atoms with Crippen LogP contribution in [0.4, 0.5) is 0 Å². The SMILES string of the molecule is O=C(O)C1=CC=C2NC(c3ccc(Oc4ccccc4)cc3)C(c3ccc(Oc4ccccc4)cc3)N=C2C1. The third-order valence-corrected chi connectivity index (χ3v) is 6.73. The van der Waals surface area contributed by atoms with Crippen LogP contribution in [0.1, 0.15) is 29.6 Å². The fourth-order valence-electron chi connectivity index (χ4n) is 4.76. The number of nitrogens with one attached hydrogen (secondary N) is 1. The number of para-hydroxylation sites is 2. The minimum absolute atomic E-state index is 0.161. The van der Waals surface area contributed by atoms with Gasteiger partial charge < -0.3 is 19.9 Å². The summed E-state index contributed by atoms with van der Waals surface area (Å²) in [5.74, 6) is 2.09. The van der Waals surface area contributed by atoms with Crippen molar-refractivity contribution >= 4 is 11.7 Å². The van der Waals surface area contributed by atoms with Gasteiger partial charge in [-0.15, -0.1) is 0 Å². The minimum Gasteiger partial charge on any atom is -0.478 e. The average Bonchev–Trinajstić information content (AvgIpc) is 2.98. The van der Waals surface area contributed by atoms with Gasteiger partial charge in [0.15, 0.2) is 0 Å². The Balaban J connectivity index is 1.30. The molecule has 2 aliphatic rings. The average molecular weight is 515 g/mol. The zero-order valence-electron chi connectivity index (χ0n) is 21.0. The van der Waals surface area contributed by atoms with Crippen LogP contribution < -0.4 is 14.8 Å². The first-order valence-corrected chi connectivity index (χ1v) is 12.8. The van der Waals surface area contributed by atoms with Gasteiger partial charge in [0.1, 0.15) is 23.0 Å². The number of hydrogen-bond acceptors (Lipinski definition) is 5. The highest BCUT2D eigenvalue weighted by molar-refractivity contribution is 6.08. The number of ether oxygens (including phenoxy) is 2. The van der Waals surface area contributed by atoms with Crippen LogP contribution in [0.2, 0.25) is 0 Å². The number of aliphatic imine (C=N–C) groups is 1. The van der Waals surface area contributed by atoms with Gasteiger partial charge in [-0.25, -0.2) is 4.79 Å². The van der Waals surface area contributed by atoms with Gasteiger partial charge in [0, 0.05) is 12.0 Å². The first-order chi connectivity index (χ1) is 19.1. The van der Waals surface area contributed by atoms with Gasteiger partial charge in [-0.1, -0.05) is 60.7 Å². The van der Waals surface area contributed by atoms with Crippen LogP contribution in [-0.2, 0) is 4.79 Å². The standard InChI is InChI=1S/C33H26N2O4/c36-33(37)24-15-20-29-30(21-24)35-32(23-13-18-28(19-14-23)39-26-9-5-2-6-10-26)31(34-29)22-11-16-27(17-12-22)38-25-7-3-1-4-8-25/h1-20,31-32,34H,21H2,(H,36,37). The molecule has 192 valence electrons. The Kier molecular flexibility index (Phi) is 6.66. The molecule has 0 saturated carbocycles. The Morgan fingerprint density at radius 2 is 1.21 bits per heavy atom. The quantitative estimate of drug-likeness (QED) is 0.269. The van der Waals surface area contributed by atoms with Crippen LogP contribution >= 0.6 is 0 Å². The predicted molar refractivity (Wildman–Crippen MR) is 150 cm³/mol. The summed E-state index contributed by atoms with van der Waals surface area (Å²) < 4.78 is 12.0. The van der Waals surface area contributed by atoms with E-state index in [1.54, 1.807) is 12.2 Å². The summed E-state index contributed by atoms with van der Waals surface area (Å²) in [5, 5.41) is 13.2. The minimum atomic E-state index is -0.928. The molecular weight excluding hydrogens is 488 g/mol. The summed E-state index contributed by atoms with van der Waals surface area (Å²) >= 11 is 0. The summed E-state index contributed by atoms with van der Waals surface area (Å²) in [5.41, 5.74) is 3.95. The maximum absolute atomic E-state index is 11.6.